The van der Waals surface area contributed by atoms with Crippen LogP contribution in [0.4, 0.5) is 0 Å². The monoisotopic (exact) mass is 235 g/mol. The molecule has 0 radical (unpaired) electrons. The Hall–Kier alpha value is -1.84. The molecule has 2 N–H and O–H groups in total. The summed E-state index contributed by atoms with van der Waals surface area (Å²) in [6.45, 7) is 4.85. The van der Waals surface area contributed by atoms with Crippen LogP contribution in [0.2, 0.25) is 0 Å². The lowest BCUT2D eigenvalue weighted by molar-refractivity contribution is -0.145. The summed E-state index contributed by atoms with van der Waals surface area (Å²) >= 11 is 0. The fourth-order valence-corrected chi connectivity index (χ4v) is 1.43. The van der Waals surface area contributed by atoms with Gasteiger partial charge in [0.2, 0.25) is 5.91 Å². The third-order valence-electron chi connectivity index (χ3n) is 2.60. The minimum Gasteiger partial charge on any atom is -0.480 e. The van der Waals surface area contributed by atoms with Gasteiger partial charge in [-0.25, -0.2) is 4.79 Å². The van der Waals surface area contributed by atoms with Crippen LogP contribution in [0.3, 0.4) is 0 Å². The normalized spacial score (nSPS) is 11.0. The van der Waals surface area contributed by atoms with Crippen LogP contribution < -0.4 is 5.32 Å². The van der Waals surface area contributed by atoms with Crippen molar-refractivity contribution in [1.29, 1.82) is 0 Å². The average molecular weight is 235 g/mol. The van der Waals surface area contributed by atoms with Gasteiger partial charge in [-0.1, -0.05) is 24.3 Å². The van der Waals surface area contributed by atoms with Gasteiger partial charge in [0.25, 0.3) is 0 Å². The molecule has 17 heavy (non-hydrogen) atoms. The lowest BCUT2D eigenvalue weighted by Gasteiger charge is -2.21. The van der Waals surface area contributed by atoms with Crippen LogP contribution in [-0.2, 0) is 16.0 Å². The molecule has 0 bridgehead atoms. The summed E-state index contributed by atoms with van der Waals surface area (Å²) in [5, 5.41) is 11.4. The van der Waals surface area contributed by atoms with E-state index in [0.29, 0.717) is 0 Å². The highest BCUT2D eigenvalue weighted by atomic mass is 16.4. The highest BCUT2D eigenvalue weighted by molar-refractivity contribution is 5.87. The minimum atomic E-state index is -1.24. The van der Waals surface area contributed by atoms with E-state index in [0.717, 1.165) is 11.1 Å². The molecule has 0 aliphatic carbocycles. The number of carbonyl (C=O) groups is 2. The van der Waals surface area contributed by atoms with Gasteiger partial charge in [-0.15, -0.1) is 0 Å². The number of hydrogen-bond donors (Lipinski definition) is 2. The third-order valence-corrected chi connectivity index (χ3v) is 2.60. The van der Waals surface area contributed by atoms with Gasteiger partial charge in [0.15, 0.2) is 0 Å². The largest absolute Gasteiger partial charge is 0.480 e. The first-order valence-corrected chi connectivity index (χ1v) is 5.42. The zero-order valence-corrected chi connectivity index (χ0v) is 10.3. The molecule has 0 aromatic heterocycles. The van der Waals surface area contributed by atoms with Gasteiger partial charge in [0, 0.05) is 0 Å². The van der Waals surface area contributed by atoms with E-state index in [1.54, 1.807) is 0 Å². The maximum atomic E-state index is 11.7. The molecule has 0 saturated heterocycles. The van der Waals surface area contributed by atoms with Gasteiger partial charge in [0.1, 0.15) is 5.54 Å². The van der Waals surface area contributed by atoms with Crippen molar-refractivity contribution >= 4 is 11.9 Å². The van der Waals surface area contributed by atoms with Gasteiger partial charge in [-0.3, -0.25) is 4.79 Å². The number of carboxylic acids is 1. The first kappa shape index (κ1) is 13.2. The van der Waals surface area contributed by atoms with Crippen molar-refractivity contribution in [2.24, 2.45) is 0 Å². The number of hydrogen-bond acceptors (Lipinski definition) is 2. The van der Waals surface area contributed by atoms with Gasteiger partial charge in [0.05, 0.1) is 6.42 Å². The Kier molecular flexibility index (Phi) is 3.89. The third kappa shape index (κ3) is 3.59. The van der Waals surface area contributed by atoms with Gasteiger partial charge < -0.3 is 10.4 Å². The lowest BCUT2D eigenvalue weighted by Crippen LogP contribution is -2.50. The van der Waals surface area contributed by atoms with Crippen LogP contribution in [-0.4, -0.2) is 22.5 Å². The summed E-state index contributed by atoms with van der Waals surface area (Å²) in [4.78, 5) is 22.6. The molecule has 0 aliphatic rings. The first-order chi connectivity index (χ1) is 7.83. The summed E-state index contributed by atoms with van der Waals surface area (Å²) < 4.78 is 0. The zero-order chi connectivity index (χ0) is 13.1. The highest BCUT2D eigenvalue weighted by Gasteiger charge is 2.28. The zero-order valence-electron chi connectivity index (χ0n) is 10.3. The Labute approximate surface area is 101 Å². The molecule has 0 fully saturated rings. The Morgan fingerprint density at radius 1 is 1.29 bits per heavy atom. The Balaban J connectivity index is 2.69. The second-order valence-corrected chi connectivity index (χ2v) is 4.58. The number of benzene rings is 1. The van der Waals surface area contributed by atoms with E-state index in [9.17, 15) is 9.59 Å². The van der Waals surface area contributed by atoms with Crippen LogP contribution in [0.25, 0.3) is 0 Å². The molecule has 0 saturated carbocycles. The highest BCUT2D eigenvalue weighted by Crippen LogP contribution is 2.09. The molecule has 1 amide bonds. The molecule has 4 heteroatoms. The van der Waals surface area contributed by atoms with Crippen molar-refractivity contribution in [3.63, 3.8) is 0 Å². The van der Waals surface area contributed by atoms with Crippen molar-refractivity contribution < 1.29 is 14.7 Å². The second-order valence-electron chi connectivity index (χ2n) is 4.58. The second kappa shape index (κ2) is 4.99. The number of aliphatic carboxylic acids is 1. The molecular formula is C13H17NO3. The molecule has 1 rings (SSSR count). The standard InChI is InChI=1S/C13H17NO3/c1-9-6-4-5-7-10(9)8-11(15)14-13(2,3)12(16)17/h4-7H,8H2,1-3H3,(H,14,15)(H,16,17). The molecule has 92 valence electrons. The SMILES string of the molecule is Cc1ccccc1CC(=O)NC(C)(C)C(=O)O. The predicted molar refractivity (Wildman–Crippen MR) is 64.7 cm³/mol. The van der Waals surface area contributed by atoms with E-state index < -0.39 is 11.5 Å². The van der Waals surface area contributed by atoms with Gasteiger partial charge in [-0.2, -0.15) is 0 Å². The van der Waals surface area contributed by atoms with Crippen LogP contribution in [0.15, 0.2) is 24.3 Å². The summed E-state index contributed by atoms with van der Waals surface area (Å²) in [6.07, 6.45) is 0.198. The smallest absolute Gasteiger partial charge is 0.328 e. The van der Waals surface area contributed by atoms with Crippen molar-refractivity contribution in [1.82, 2.24) is 5.32 Å². The Bertz CT molecular complexity index is 438. The molecule has 1 aromatic rings. The number of carbonyl (C=O) groups excluding carboxylic acids is 1. The van der Waals surface area contributed by atoms with Crippen molar-refractivity contribution in [2.75, 3.05) is 0 Å². The first-order valence-electron chi connectivity index (χ1n) is 5.42. The van der Waals surface area contributed by atoms with Crippen LogP contribution >= 0.6 is 0 Å². The van der Waals surface area contributed by atoms with Crippen LogP contribution in [0.5, 0.6) is 0 Å². The number of nitrogens with one attached hydrogen (secondary N) is 1. The molecule has 0 spiro atoms. The van der Waals surface area contributed by atoms with E-state index in [-0.39, 0.29) is 12.3 Å². The molecule has 1 aromatic carbocycles. The summed E-state index contributed by atoms with van der Waals surface area (Å²) in [5.41, 5.74) is 0.696. The van der Waals surface area contributed by atoms with Crippen LogP contribution in [0.1, 0.15) is 25.0 Å². The van der Waals surface area contributed by atoms with Gasteiger partial charge >= 0.3 is 5.97 Å². The molecular weight excluding hydrogens is 218 g/mol. The molecule has 0 aliphatic heterocycles. The van der Waals surface area contributed by atoms with Crippen molar-refractivity contribution in [3.8, 4) is 0 Å². The maximum Gasteiger partial charge on any atom is 0.328 e. The quantitative estimate of drug-likeness (QED) is 0.831. The van der Waals surface area contributed by atoms with E-state index in [1.807, 2.05) is 31.2 Å². The van der Waals surface area contributed by atoms with Crippen molar-refractivity contribution in [3.05, 3.63) is 35.4 Å². The summed E-state index contributed by atoms with van der Waals surface area (Å²) in [7, 11) is 0. The van der Waals surface area contributed by atoms with Gasteiger partial charge in [-0.05, 0) is 31.9 Å². The topological polar surface area (TPSA) is 66.4 Å². The number of carboxylic acid groups (broad SMARTS) is 1. The van der Waals surface area contributed by atoms with Crippen LogP contribution in [0, 0.1) is 6.92 Å². The maximum absolute atomic E-state index is 11.7. The van der Waals surface area contributed by atoms with E-state index in [2.05, 4.69) is 5.32 Å². The molecule has 4 nitrogen and oxygen atoms in total. The number of aryl methyl sites for hydroxylation is 1. The average Bonchev–Trinajstić information content (AvgIpc) is 2.20. The minimum absolute atomic E-state index is 0.198. The van der Waals surface area contributed by atoms with E-state index >= 15 is 0 Å². The fraction of sp³-hybridized carbons (Fsp3) is 0.385. The Morgan fingerprint density at radius 3 is 2.41 bits per heavy atom. The molecule has 0 atom stereocenters. The molecule has 0 unspecified atom stereocenters. The lowest BCUT2D eigenvalue weighted by atomic mass is 10.0. The summed E-state index contributed by atoms with van der Waals surface area (Å²) in [6, 6.07) is 7.55. The van der Waals surface area contributed by atoms with E-state index in [4.69, 9.17) is 5.11 Å². The summed E-state index contributed by atoms with van der Waals surface area (Å²) in [5.74, 6) is -1.33. The fourth-order valence-electron chi connectivity index (χ4n) is 1.43. The Morgan fingerprint density at radius 2 is 1.88 bits per heavy atom. The van der Waals surface area contributed by atoms with Crippen molar-refractivity contribution in [2.45, 2.75) is 32.7 Å². The number of amides is 1. The predicted octanol–water partition coefficient (Wildman–Crippen LogP) is 1.52. The molecule has 0 heterocycles. The van der Waals surface area contributed by atoms with E-state index in [1.165, 1.54) is 13.8 Å². The number of rotatable bonds is 4.